The molecule has 2 nitrogen and oxygen atoms in total. The molecular weight excluding hydrogens is 186 g/mol. The molecule has 2 aliphatic carbocycles. The van der Waals surface area contributed by atoms with E-state index in [1.54, 1.807) is 0 Å². The van der Waals surface area contributed by atoms with Crippen LogP contribution in [0.1, 0.15) is 47.0 Å². The van der Waals surface area contributed by atoms with Crippen molar-refractivity contribution in [3.63, 3.8) is 0 Å². The quantitative estimate of drug-likeness (QED) is 0.750. The van der Waals surface area contributed by atoms with Crippen LogP contribution in [0.25, 0.3) is 0 Å². The van der Waals surface area contributed by atoms with Crippen LogP contribution >= 0.6 is 0 Å². The van der Waals surface area contributed by atoms with Crippen molar-refractivity contribution in [3.8, 4) is 0 Å². The lowest BCUT2D eigenvalue weighted by atomic mass is 9.68. The number of hydrogen-bond acceptors (Lipinski definition) is 2. The van der Waals surface area contributed by atoms with Gasteiger partial charge in [0.15, 0.2) is 0 Å². The molecular formula is C13H25NO. The summed E-state index contributed by atoms with van der Waals surface area (Å²) in [5, 5.41) is 13.0. The lowest BCUT2D eigenvalue weighted by Gasteiger charge is -2.43. The summed E-state index contributed by atoms with van der Waals surface area (Å²) in [7, 11) is 0. The Bertz CT molecular complexity index is 244. The maximum atomic E-state index is 9.37. The molecule has 0 spiro atoms. The summed E-state index contributed by atoms with van der Waals surface area (Å²) in [6.07, 6.45) is 3.90. The van der Waals surface area contributed by atoms with Crippen molar-refractivity contribution < 1.29 is 5.11 Å². The Morgan fingerprint density at radius 1 is 1.40 bits per heavy atom. The minimum Gasteiger partial charge on any atom is -0.392 e. The van der Waals surface area contributed by atoms with Crippen LogP contribution < -0.4 is 5.32 Å². The Morgan fingerprint density at radius 3 is 2.53 bits per heavy atom. The predicted molar refractivity (Wildman–Crippen MR) is 62.7 cm³/mol. The third kappa shape index (κ3) is 1.72. The number of nitrogens with one attached hydrogen (secondary N) is 1. The first-order valence-electron chi connectivity index (χ1n) is 6.28. The maximum Gasteiger partial charge on any atom is 0.0636 e. The number of fused-ring (bicyclic) bond motifs is 2. The third-order valence-corrected chi connectivity index (χ3v) is 4.89. The summed E-state index contributed by atoms with van der Waals surface area (Å²) < 4.78 is 0. The van der Waals surface area contributed by atoms with E-state index in [-0.39, 0.29) is 6.10 Å². The zero-order valence-corrected chi connectivity index (χ0v) is 10.5. The van der Waals surface area contributed by atoms with Gasteiger partial charge in [-0.25, -0.2) is 0 Å². The van der Waals surface area contributed by atoms with E-state index in [9.17, 15) is 5.11 Å². The van der Waals surface area contributed by atoms with Crippen LogP contribution in [-0.4, -0.2) is 23.8 Å². The highest BCUT2D eigenvalue weighted by atomic mass is 16.3. The summed E-state index contributed by atoms with van der Waals surface area (Å²) >= 11 is 0. The Hall–Kier alpha value is -0.0800. The third-order valence-electron chi connectivity index (χ3n) is 4.89. The lowest BCUT2D eigenvalue weighted by molar-refractivity contribution is 0.0920. The SMILES string of the molecule is CC(O)CNC1C2(C)CCC(C2)C1(C)C. The summed E-state index contributed by atoms with van der Waals surface area (Å²) in [6, 6.07) is 0.582. The first kappa shape index (κ1) is 11.4. The molecule has 0 aromatic carbocycles. The molecule has 0 radical (unpaired) electrons. The van der Waals surface area contributed by atoms with E-state index in [2.05, 4.69) is 26.1 Å². The topological polar surface area (TPSA) is 32.3 Å². The van der Waals surface area contributed by atoms with Crippen molar-refractivity contribution in [2.45, 2.75) is 59.1 Å². The van der Waals surface area contributed by atoms with E-state index in [0.29, 0.717) is 16.9 Å². The van der Waals surface area contributed by atoms with Crippen LogP contribution in [0, 0.1) is 16.7 Å². The fourth-order valence-corrected chi connectivity index (χ4v) is 4.10. The second-order valence-corrected chi connectivity index (χ2v) is 6.61. The van der Waals surface area contributed by atoms with Crippen LogP contribution in [0.3, 0.4) is 0 Å². The molecule has 2 aliphatic rings. The molecule has 2 rings (SSSR count). The van der Waals surface area contributed by atoms with Crippen LogP contribution in [0.4, 0.5) is 0 Å². The van der Waals surface area contributed by atoms with Gasteiger partial charge < -0.3 is 10.4 Å². The first-order chi connectivity index (χ1) is 6.86. The van der Waals surface area contributed by atoms with Crippen LogP contribution in [-0.2, 0) is 0 Å². The molecule has 2 N–H and O–H groups in total. The molecule has 4 atom stereocenters. The molecule has 2 saturated carbocycles. The maximum absolute atomic E-state index is 9.37. The largest absolute Gasteiger partial charge is 0.392 e. The fourth-order valence-electron chi connectivity index (χ4n) is 4.10. The normalized spacial score (nSPS) is 44.6. The average Bonchev–Trinajstić information content (AvgIpc) is 2.54. The van der Waals surface area contributed by atoms with Crippen molar-refractivity contribution in [1.29, 1.82) is 0 Å². The average molecular weight is 211 g/mol. The van der Waals surface area contributed by atoms with Gasteiger partial charge in [0.2, 0.25) is 0 Å². The Balaban J connectivity index is 2.09. The highest BCUT2D eigenvalue weighted by Gasteiger charge is 2.58. The van der Waals surface area contributed by atoms with Gasteiger partial charge in [-0.2, -0.15) is 0 Å². The molecule has 0 aromatic rings. The van der Waals surface area contributed by atoms with E-state index in [4.69, 9.17) is 0 Å². The predicted octanol–water partition coefficient (Wildman–Crippen LogP) is 2.17. The number of aliphatic hydroxyl groups excluding tert-OH is 1. The van der Waals surface area contributed by atoms with Gasteiger partial charge in [-0.15, -0.1) is 0 Å². The van der Waals surface area contributed by atoms with Gasteiger partial charge in [-0.1, -0.05) is 20.8 Å². The molecule has 4 unspecified atom stereocenters. The molecule has 0 aliphatic heterocycles. The van der Waals surface area contributed by atoms with Gasteiger partial charge in [-0.05, 0) is 42.9 Å². The van der Waals surface area contributed by atoms with Crippen molar-refractivity contribution in [2.24, 2.45) is 16.7 Å². The van der Waals surface area contributed by atoms with Crippen LogP contribution in [0.2, 0.25) is 0 Å². The molecule has 88 valence electrons. The summed E-state index contributed by atoms with van der Waals surface area (Å²) in [6.45, 7) is 9.79. The number of aliphatic hydroxyl groups is 1. The first-order valence-corrected chi connectivity index (χ1v) is 6.28. The molecule has 2 fully saturated rings. The number of rotatable bonds is 3. The number of hydrogen-bond donors (Lipinski definition) is 2. The van der Waals surface area contributed by atoms with E-state index in [1.807, 2.05) is 6.92 Å². The van der Waals surface area contributed by atoms with E-state index in [0.717, 1.165) is 12.5 Å². The van der Waals surface area contributed by atoms with E-state index < -0.39 is 0 Å². The highest BCUT2D eigenvalue weighted by molar-refractivity contribution is 5.11. The monoisotopic (exact) mass is 211 g/mol. The summed E-state index contributed by atoms with van der Waals surface area (Å²) in [5.74, 6) is 0.883. The second-order valence-electron chi connectivity index (χ2n) is 6.61. The zero-order valence-electron chi connectivity index (χ0n) is 10.5. The molecule has 2 bridgehead atoms. The zero-order chi connectivity index (χ0) is 11.3. The van der Waals surface area contributed by atoms with Gasteiger partial charge in [0, 0.05) is 12.6 Å². The van der Waals surface area contributed by atoms with Crippen molar-refractivity contribution in [3.05, 3.63) is 0 Å². The Kier molecular flexibility index (Phi) is 2.63. The molecule has 0 saturated heterocycles. The Labute approximate surface area is 93.5 Å². The van der Waals surface area contributed by atoms with Gasteiger partial charge in [0.25, 0.3) is 0 Å². The Morgan fingerprint density at radius 2 is 2.07 bits per heavy atom. The highest BCUT2D eigenvalue weighted by Crippen LogP contribution is 2.62. The minimum atomic E-state index is -0.233. The van der Waals surface area contributed by atoms with Crippen molar-refractivity contribution >= 4 is 0 Å². The summed E-state index contributed by atoms with van der Waals surface area (Å²) in [5.41, 5.74) is 0.880. The molecule has 2 heteroatoms. The van der Waals surface area contributed by atoms with Crippen molar-refractivity contribution in [2.75, 3.05) is 6.54 Å². The summed E-state index contributed by atoms with van der Waals surface area (Å²) in [4.78, 5) is 0. The molecule has 15 heavy (non-hydrogen) atoms. The van der Waals surface area contributed by atoms with Gasteiger partial charge in [0.1, 0.15) is 0 Å². The van der Waals surface area contributed by atoms with Gasteiger partial charge in [-0.3, -0.25) is 0 Å². The van der Waals surface area contributed by atoms with E-state index >= 15 is 0 Å². The van der Waals surface area contributed by atoms with Crippen LogP contribution in [0.15, 0.2) is 0 Å². The molecule has 0 amide bonds. The molecule has 0 heterocycles. The standard InChI is InChI=1S/C13H25NO/c1-9(15)8-14-11-12(2,3)10-5-6-13(11,4)7-10/h9-11,14-15H,5-8H2,1-4H3. The smallest absolute Gasteiger partial charge is 0.0636 e. The lowest BCUT2D eigenvalue weighted by Crippen LogP contribution is -2.51. The van der Waals surface area contributed by atoms with Gasteiger partial charge in [0.05, 0.1) is 6.10 Å². The fraction of sp³-hybridized carbons (Fsp3) is 1.00. The molecule has 0 aromatic heterocycles. The van der Waals surface area contributed by atoms with Crippen LogP contribution in [0.5, 0.6) is 0 Å². The van der Waals surface area contributed by atoms with Gasteiger partial charge >= 0.3 is 0 Å². The van der Waals surface area contributed by atoms with Crippen molar-refractivity contribution in [1.82, 2.24) is 5.32 Å². The minimum absolute atomic E-state index is 0.233. The van der Waals surface area contributed by atoms with E-state index in [1.165, 1.54) is 19.3 Å². The second kappa shape index (κ2) is 3.46.